The lowest BCUT2D eigenvalue weighted by atomic mass is 10.1. The molecular formula is C17H26N2O4. The molecule has 23 heavy (non-hydrogen) atoms. The number of rotatable bonds is 8. The number of methoxy groups -OCH3 is 1. The summed E-state index contributed by atoms with van der Waals surface area (Å²) in [7, 11) is 1.54. The van der Waals surface area contributed by atoms with E-state index in [0.29, 0.717) is 17.9 Å². The second-order valence-corrected chi connectivity index (χ2v) is 5.25. The van der Waals surface area contributed by atoms with Crippen LogP contribution in [0.3, 0.4) is 0 Å². The second kappa shape index (κ2) is 9.71. The van der Waals surface area contributed by atoms with Crippen molar-refractivity contribution < 1.29 is 19.1 Å². The minimum absolute atomic E-state index is 0.288. The number of anilines is 1. The molecule has 1 aromatic rings. The summed E-state index contributed by atoms with van der Waals surface area (Å²) in [6.45, 7) is 5.98. The minimum atomic E-state index is -0.647. The van der Waals surface area contributed by atoms with Crippen LogP contribution < -0.4 is 15.4 Å². The standard InChI is InChI=1S/C17H26N2O4/c1-5-7-8-13(16(20)23-6-2)18-17(21)19-14-11-12(3)9-10-15(14)22-4/h9-11,13H,5-8H2,1-4H3,(H2,18,19,21). The number of nitrogens with one attached hydrogen (secondary N) is 2. The molecule has 0 aliphatic heterocycles. The van der Waals surface area contributed by atoms with E-state index in [2.05, 4.69) is 10.6 Å². The van der Waals surface area contributed by atoms with Gasteiger partial charge in [0.1, 0.15) is 11.8 Å². The highest BCUT2D eigenvalue weighted by molar-refractivity contribution is 5.93. The summed E-state index contributed by atoms with van der Waals surface area (Å²) in [5.74, 6) is 0.152. The number of carbonyl (C=O) groups excluding carboxylic acids is 2. The normalized spacial score (nSPS) is 11.5. The first-order chi connectivity index (χ1) is 11.0. The molecule has 0 spiro atoms. The van der Waals surface area contributed by atoms with Gasteiger partial charge in [-0.05, 0) is 38.0 Å². The fraction of sp³-hybridized carbons (Fsp3) is 0.529. The topological polar surface area (TPSA) is 76.7 Å². The summed E-state index contributed by atoms with van der Waals surface area (Å²) >= 11 is 0. The number of hydrogen-bond acceptors (Lipinski definition) is 4. The third-order valence-corrected chi connectivity index (χ3v) is 3.33. The molecule has 0 saturated heterocycles. The zero-order valence-electron chi connectivity index (χ0n) is 14.3. The largest absolute Gasteiger partial charge is 0.495 e. The van der Waals surface area contributed by atoms with Crippen LogP contribution in [0.25, 0.3) is 0 Å². The number of unbranched alkanes of at least 4 members (excludes halogenated alkanes) is 1. The van der Waals surface area contributed by atoms with E-state index >= 15 is 0 Å². The predicted octanol–water partition coefficient (Wildman–Crippen LogP) is 3.25. The maximum absolute atomic E-state index is 12.2. The van der Waals surface area contributed by atoms with Crippen LogP contribution in [0.2, 0.25) is 0 Å². The van der Waals surface area contributed by atoms with Gasteiger partial charge in [0.05, 0.1) is 19.4 Å². The SMILES string of the molecule is CCCCC(NC(=O)Nc1cc(C)ccc1OC)C(=O)OCC. The highest BCUT2D eigenvalue weighted by atomic mass is 16.5. The lowest BCUT2D eigenvalue weighted by Gasteiger charge is -2.18. The van der Waals surface area contributed by atoms with E-state index in [1.807, 2.05) is 26.0 Å². The van der Waals surface area contributed by atoms with Crippen molar-refractivity contribution in [1.82, 2.24) is 5.32 Å². The van der Waals surface area contributed by atoms with E-state index in [4.69, 9.17) is 9.47 Å². The Kier molecular flexibility index (Phi) is 7.94. The summed E-state index contributed by atoms with van der Waals surface area (Å²) in [4.78, 5) is 24.1. The molecule has 1 aromatic carbocycles. The summed E-state index contributed by atoms with van der Waals surface area (Å²) < 4.78 is 10.2. The van der Waals surface area contributed by atoms with Gasteiger partial charge in [0.2, 0.25) is 0 Å². The molecular weight excluding hydrogens is 296 g/mol. The smallest absolute Gasteiger partial charge is 0.328 e. The number of esters is 1. The summed E-state index contributed by atoms with van der Waals surface area (Å²) in [6, 6.07) is 4.38. The lowest BCUT2D eigenvalue weighted by molar-refractivity contribution is -0.145. The Morgan fingerprint density at radius 2 is 2.00 bits per heavy atom. The Bertz CT molecular complexity index is 531. The maximum Gasteiger partial charge on any atom is 0.328 e. The van der Waals surface area contributed by atoms with Gasteiger partial charge in [-0.2, -0.15) is 0 Å². The van der Waals surface area contributed by atoms with E-state index < -0.39 is 18.0 Å². The predicted molar refractivity (Wildman–Crippen MR) is 89.8 cm³/mol. The maximum atomic E-state index is 12.2. The molecule has 0 saturated carbocycles. The van der Waals surface area contributed by atoms with Crippen molar-refractivity contribution in [2.75, 3.05) is 19.0 Å². The molecule has 0 heterocycles. The van der Waals surface area contributed by atoms with Crippen molar-refractivity contribution in [2.45, 2.75) is 46.1 Å². The molecule has 1 unspecified atom stereocenters. The van der Waals surface area contributed by atoms with Crippen molar-refractivity contribution in [3.63, 3.8) is 0 Å². The number of benzene rings is 1. The van der Waals surface area contributed by atoms with Crippen LogP contribution in [-0.2, 0) is 9.53 Å². The zero-order chi connectivity index (χ0) is 17.2. The molecule has 6 nitrogen and oxygen atoms in total. The number of carbonyl (C=O) groups is 2. The van der Waals surface area contributed by atoms with Crippen molar-refractivity contribution in [3.8, 4) is 5.75 Å². The first kappa shape index (κ1) is 18.8. The van der Waals surface area contributed by atoms with Crippen LogP contribution in [0, 0.1) is 6.92 Å². The van der Waals surface area contributed by atoms with Crippen LogP contribution in [0.15, 0.2) is 18.2 Å². The monoisotopic (exact) mass is 322 g/mol. The number of hydrogen-bond donors (Lipinski definition) is 2. The molecule has 6 heteroatoms. The molecule has 1 rings (SSSR count). The third-order valence-electron chi connectivity index (χ3n) is 3.33. The van der Waals surface area contributed by atoms with E-state index in [-0.39, 0.29) is 6.61 Å². The quantitative estimate of drug-likeness (QED) is 0.720. The van der Waals surface area contributed by atoms with Gasteiger partial charge in [0, 0.05) is 0 Å². The van der Waals surface area contributed by atoms with Crippen LogP contribution in [0.4, 0.5) is 10.5 Å². The Labute approximate surface area is 137 Å². The van der Waals surface area contributed by atoms with E-state index in [1.54, 1.807) is 13.0 Å². The average Bonchev–Trinajstić information content (AvgIpc) is 2.51. The molecule has 0 aliphatic rings. The third kappa shape index (κ3) is 6.18. The summed E-state index contributed by atoms with van der Waals surface area (Å²) in [6.07, 6.45) is 2.32. The van der Waals surface area contributed by atoms with E-state index in [0.717, 1.165) is 18.4 Å². The number of aryl methyl sites for hydroxylation is 1. The highest BCUT2D eigenvalue weighted by Crippen LogP contribution is 2.25. The molecule has 2 amide bonds. The Balaban J connectivity index is 2.75. The number of urea groups is 1. The lowest BCUT2D eigenvalue weighted by Crippen LogP contribution is -2.44. The van der Waals surface area contributed by atoms with E-state index in [1.165, 1.54) is 7.11 Å². The molecule has 0 radical (unpaired) electrons. The van der Waals surface area contributed by atoms with Gasteiger partial charge in [-0.1, -0.05) is 25.8 Å². The molecule has 0 aliphatic carbocycles. The van der Waals surface area contributed by atoms with Crippen molar-refractivity contribution >= 4 is 17.7 Å². The van der Waals surface area contributed by atoms with Crippen LogP contribution >= 0.6 is 0 Å². The fourth-order valence-electron chi connectivity index (χ4n) is 2.14. The first-order valence-electron chi connectivity index (χ1n) is 7.90. The molecule has 1 atom stereocenters. The van der Waals surface area contributed by atoms with Gasteiger partial charge in [0.25, 0.3) is 0 Å². The Morgan fingerprint density at radius 3 is 2.61 bits per heavy atom. The summed E-state index contributed by atoms with van der Waals surface area (Å²) in [5, 5.41) is 5.40. The minimum Gasteiger partial charge on any atom is -0.495 e. The second-order valence-electron chi connectivity index (χ2n) is 5.25. The first-order valence-corrected chi connectivity index (χ1v) is 7.90. The number of ether oxygens (including phenoxy) is 2. The summed E-state index contributed by atoms with van der Waals surface area (Å²) in [5.41, 5.74) is 1.55. The van der Waals surface area contributed by atoms with Crippen LogP contribution in [-0.4, -0.2) is 31.8 Å². The zero-order valence-corrected chi connectivity index (χ0v) is 14.3. The van der Waals surface area contributed by atoms with Crippen molar-refractivity contribution in [2.24, 2.45) is 0 Å². The molecule has 128 valence electrons. The molecule has 0 bridgehead atoms. The molecule has 2 N–H and O–H groups in total. The fourth-order valence-corrected chi connectivity index (χ4v) is 2.14. The van der Waals surface area contributed by atoms with Gasteiger partial charge < -0.3 is 20.1 Å². The Morgan fingerprint density at radius 1 is 1.26 bits per heavy atom. The Hall–Kier alpha value is -2.24. The molecule has 0 aromatic heterocycles. The van der Waals surface area contributed by atoms with Gasteiger partial charge in [0.15, 0.2) is 0 Å². The number of amides is 2. The van der Waals surface area contributed by atoms with Gasteiger partial charge in [-0.3, -0.25) is 0 Å². The van der Waals surface area contributed by atoms with Gasteiger partial charge in [-0.15, -0.1) is 0 Å². The van der Waals surface area contributed by atoms with E-state index in [9.17, 15) is 9.59 Å². The van der Waals surface area contributed by atoms with Gasteiger partial charge >= 0.3 is 12.0 Å². The average molecular weight is 322 g/mol. The highest BCUT2D eigenvalue weighted by Gasteiger charge is 2.21. The van der Waals surface area contributed by atoms with Crippen molar-refractivity contribution in [3.05, 3.63) is 23.8 Å². The van der Waals surface area contributed by atoms with Crippen LogP contribution in [0.1, 0.15) is 38.7 Å². The van der Waals surface area contributed by atoms with Gasteiger partial charge in [-0.25, -0.2) is 9.59 Å². The van der Waals surface area contributed by atoms with Crippen molar-refractivity contribution in [1.29, 1.82) is 0 Å². The van der Waals surface area contributed by atoms with Crippen LogP contribution in [0.5, 0.6) is 5.75 Å². The molecule has 0 fully saturated rings.